The van der Waals surface area contributed by atoms with Gasteiger partial charge in [0.1, 0.15) is 11.9 Å². The van der Waals surface area contributed by atoms with Crippen molar-refractivity contribution in [3.8, 4) is 0 Å². The Morgan fingerprint density at radius 2 is 0.913 bits per heavy atom. The van der Waals surface area contributed by atoms with Gasteiger partial charge in [-0.2, -0.15) is 0 Å². The highest BCUT2D eigenvalue weighted by molar-refractivity contribution is 5.78. The molecule has 0 radical (unpaired) electrons. The lowest BCUT2D eigenvalue weighted by Crippen LogP contribution is -2.28. The van der Waals surface area contributed by atoms with E-state index in [1.807, 2.05) is 0 Å². The highest BCUT2D eigenvalue weighted by Gasteiger charge is 2.15. The molecule has 0 fully saturated rings. The summed E-state index contributed by atoms with van der Waals surface area (Å²) in [7, 11) is 4.16. The molecule has 0 aromatic carbocycles. The van der Waals surface area contributed by atoms with Crippen LogP contribution >= 0.6 is 0 Å². The lowest BCUT2D eigenvalue weighted by Gasteiger charge is -2.23. The minimum atomic E-state index is 0.0590. The SMILES string of the molecule is C=C(CCCCCCC/C=C\CCCCCCCC)OC(CCC(=O)CCCCCCC/C=C\CCCCCCCC)CN(C)C. The van der Waals surface area contributed by atoms with Crippen LogP contribution in [0.15, 0.2) is 36.6 Å². The molecular weight excluding hydrogens is 562 g/mol. The van der Waals surface area contributed by atoms with Gasteiger partial charge in [0.05, 0.1) is 5.76 Å². The number of likely N-dealkylation sites (N-methyl/N-ethyl adjacent to an activating group) is 1. The summed E-state index contributed by atoms with van der Waals surface area (Å²) < 4.78 is 6.26. The summed E-state index contributed by atoms with van der Waals surface area (Å²) in [6.45, 7) is 9.61. The fraction of sp³-hybridized carbons (Fsp3) is 0.837. The molecule has 3 nitrogen and oxygen atoms in total. The highest BCUT2D eigenvalue weighted by Crippen LogP contribution is 2.17. The van der Waals surface area contributed by atoms with E-state index in [-0.39, 0.29) is 6.10 Å². The maximum absolute atomic E-state index is 12.6. The predicted molar refractivity (Wildman–Crippen MR) is 206 cm³/mol. The molecule has 0 aliphatic carbocycles. The molecule has 1 unspecified atom stereocenters. The molecule has 0 bridgehead atoms. The second-order valence-electron chi connectivity index (χ2n) is 14.3. The summed E-state index contributed by atoms with van der Waals surface area (Å²) in [4.78, 5) is 14.7. The van der Waals surface area contributed by atoms with Crippen molar-refractivity contribution < 1.29 is 9.53 Å². The normalized spacial score (nSPS) is 12.5. The zero-order valence-corrected chi connectivity index (χ0v) is 31.8. The summed E-state index contributed by atoms with van der Waals surface area (Å²) in [6, 6.07) is 0. The molecule has 0 heterocycles. The van der Waals surface area contributed by atoms with Crippen LogP contribution in [0.5, 0.6) is 0 Å². The first-order valence-electron chi connectivity index (χ1n) is 20.3. The number of nitrogens with zero attached hydrogens (tertiary/aromatic N) is 1. The molecule has 0 saturated carbocycles. The van der Waals surface area contributed by atoms with Gasteiger partial charge in [0.15, 0.2) is 0 Å². The Balaban J connectivity index is 3.78. The Morgan fingerprint density at radius 1 is 0.543 bits per heavy atom. The van der Waals surface area contributed by atoms with E-state index in [2.05, 4.69) is 63.7 Å². The van der Waals surface area contributed by atoms with Crippen LogP contribution in [0.2, 0.25) is 0 Å². The Labute approximate surface area is 289 Å². The van der Waals surface area contributed by atoms with Gasteiger partial charge in [0, 0.05) is 25.8 Å². The Kier molecular flexibility index (Phi) is 35.4. The summed E-state index contributed by atoms with van der Waals surface area (Å²) in [5, 5.41) is 0. The third-order valence-electron chi connectivity index (χ3n) is 9.08. The smallest absolute Gasteiger partial charge is 0.133 e. The lowest BCUT2D eigenvalue weighted by molar-refractivity contribution is -0.119. The van der Waals surface area contributed by atoms with Gasteiger partial charge in [-0.25, -0.2) is 0 Å². The summed E-state index contributed by atoms with van der Waals surface area (Å²) in [5.74, 6) is 1.29. The zero-order chi connectivity index (χ0) is 33.8. The number of ketones is 1. The number of carbonyl (C=O) groups is 1. The minimum absolute atomic E-state index is 0.0590. The van der Waals surface area contributed by atoms with E-state index in [0.29, 0.717) is 12.2 Å². The average Bonchev–Trinajstić information content (AvgIpc) is 3.03. The molecular formula is C43H81NO2. The molecule has 3 heteroatoms. The van der Waals surface area contributed by atoms with E-state index in [0.717, 1.165) is 44.4 Å². The maximum atomic E-state index is 12.6. The summed E-state index contributed by atoms with van der Waals surface area (Å²) in [6.07, 6.45) is 46.6. The van der Waals surface area contributed by atoms with Crippen molar-refractivity contribution in [2.45, 2.75) is 213 Å². The van der Waals surface area contributed by atoms with Crippen LogP contribution in [0, 0.1) is 0 Å². The minimum Gasteiger partial charge on any atom is -0.494 e. The van der Waals surface area contributed by atoms with Gasteiger partial charge in [-0.1, -0.05) is 147 Å². The molecule has 0 aliphatic rings. The Morgan fingerprint density at radius 3 is 1.33 bits per heavy atom. The molecule has 270 valence electrons. The molecule has 0 aromatic rings. The number of ether oxygens (including phenoxy) is 1. The fourth-order valence-corrected chi connectivity index (χ4v) is 6.12. The van der Waals surface area contributed by atoms with Crippen molar-refractivity contribution in [2.24, 2.45) is 0 Å². The van der Waals surface area contributed by atoms with E-state index in [9.17, 15) is 4.79 Å². The maximum Gasteiger partial charge on any atom is 0.133 e. The van der Waals surface area contributed by atoms with Gasteiger partial charge in [-0.05, 0) is 84.7 Å². The first kappa shape index (κ1) is 44.6. The van der Waals surface area contributed by atoms with Crippen molar-refractivity contribution in [1.82, 2.24) is 4.90 Å². The van der Waals surface area contributed by atoms with Gasteiger partial charge in [-0.15, -0.1) is 0 Å². The van der Waals surface area contributed by atoms with Crippen molar-refractivity contribution in [2.75, 3.05) is 20.6 Å². The van der Waals surface area contributed by atoms with E-state index in [1.165, 1.54) is 154 Å². The van der Waals surface area contributed by atoms with Gasteiger partial charge >= 0.3 is 0 Å². The molecule has 0 aromatic heterocycles. The first-order valence-corrected chi connectivity index (χ1v) is 20.3. The predicted octanol–water partition coefficient (Wildman–Crippen LogP) is 13.9. The zero-order valence-electron chi connectivity index (χ0n) is 31.8. The second kappa shape index (κ2) is 36.5. The Bertz CT molecular complexity index is 710. The lowest BCUT2D eigenvalue weighted by atomic mass is 10.0. The summed E-state index contributed by atoms with van der Waals surface area (Å²) >= 11 is 0. The fourth-order valence-electron chi connectivity index (χ4n) is 6.12. The van der Waals surface area contributed by atoms with Crippen LogP contribution in [0.4, 0.5) is 0 Å². The molecule has 0 amide bonds. The van der Waals surface area contributed by atoms with Crippen molar-refractivity contribution in [1.29, 1.82) is 0 Å². The molecule has 0 rings (SSSR count). The topological polar surface area (TPSA) is 29.5 Å². The number of carbonyl (C=O) groups excluding carboxylic acids is 1. The van der Waals surface area contributed by atoms with Crippen LogP contribution in [0.3, 0.4) is 0 Å². The number of allylic oxidation sites excluding steroid dienone is 5. The summed E-state index contributed by atoms with van der Waals surface area (Å²) in [5.41, 5.74) is 0. The largest absolute Gasteiger partial charge is 0.494 e. The molecule has 1 atom stereocenters. The van der Waals surface area contributed by atoms with Gasteiger partial charge in [0.25, 0.3) is 0 Å². The van der Waals surface area contributed by atoms with Gasteiger partial charge in [-0.3, -0.25) is 4.79 Å². The van der Waals surface area contributed by atoms with Gasteiger partial charge in [0.2, 0.25) is 0 Å². The number of Topliss-reactive ketones (excluding diaryl/α,β-unsaturated/α-hetero) is 1. The van der Waals surface area contributed by atoms with Crippen LogP contribution in [0.1, 0.15) is 206 Å². The number of unbranched alkanes of at least 4 members (excludes halogenated alkanes) is 22. The first-order chi connectivity index (χ1) is 22.5. The van der Waals surface area contributed by atoms with Crippen LogP contribution in [-0.2, 0) is 9.53 Å². The quantitative estimate of drug-likeness (QED) is 0.0383. The Hall–Kier alpha value is -1.35. The second-order valence-corrected chi connectivity index (χ2v) is 14.3. The third kappa shape index (κ3) is 35.5. The van der Waals surface area contributed by atoms with E-state index in [1.54, 1.807) is 0 Å². The van der Waals surface area contributed by atoms with Crippen LogP contribution < -0.4 is 0 Å². The molecule has 0 aliphatic heterocycles. The molecule has 46 heavy (non-hydrogen) atoms. The van der Waals surface area contributed by atoms with Gasteiger partial charge < -0.3 is 9.64 Å². The molecule has 0 N–H and O–H groups in total. The van der Waals surface area contributed by atoms with E-state index < -0.39 is 0 Å². The molecule has 0 saturated heterocycles. The van der Waals surface area contributed by atoms with E-state index in [4.69, 9.17) is 4.74 Å². The number of hydrogen-bond donors (Lipinski definition) is 0. The van der Waals surface area contributed by atoms with Crippen LogP contribution in [0.25, 0.3) is 0 Å². The standard InChI is InChI=1S/C43H81NO2/c1-6-8-10-12-14-16-18-20-22-24-26-28-30-32-34-36-41(3)46-43(40-44(4)5)39-38-42(45)37-35-33-31-29-27-25-23-21-19-17-15-13-11-9-7-2/h20-23,43H,3,6-19,24-40H2,1-2,4-5H3/b22-20-,23-21-. The number of hydrogen-bond acceptors (Lipinski definition) is 3. The monoisotopic (exact) mass is 644 g/mol. The average molecular weight is 644 g/mol. The highest BCUT2D eigenvalue weighted by atomic mass is 16.5. The molecule has 0 spiro atoms. The van der Waals surface area contributed by atoms with Crippen molar-refractivity contribution in [3.63, 3.8) is 0 Å². The third-order valence-corrected chi connectivity index (χ3v) is 9.08. The van der Waals surface area contributed by atoms with Crippen molar-refractivity contribution in [3.05, 3.63) is 36.6 Å². The van der Waals surface area contributed by atoms with E-state index >= 15 is 0 Å². The number of rotatable bonds is 37. The van der Waals surface area contributed by atoms with Crippen LogP contribution in [-0.4, -0.2) is 37.4 Å². The van der Waals surface area contributed by atoms with Crippen molar-refractivity contribution >= 4 is 5.78 Å².